The van der Waals surface area contributed by atoms with Crippen LogP contribution >= 0.6 is 0 Å². The van der Waals surface area contributed by atoms with Crippen LogP contribution in [0.3, 0.4) is 0 Å². The molecule has 0 aromatic heterocycles. The topological polar surface area (TPSA) is 55.6 Å². The summed E-state index contributed by atoms with van der Waals surface area (Å²) in [5.41, 5.74) is 5.55. The summed E-state index contributed by atoms with van der Waals surface area (Å²) in [5, 5.41) is 0. The predicted octanol–water partition coefficient (Wildman–Crippen LogP) is 0.463. The van der Waals surface area contributed by atoms with Gasteiger partial charge in [0.2, 0.25) is 5.91 Å². The Hall–Kier alpha value is -0.890. The van der Waals surface area contributed by atoms with Crippen LogP contribution in [0.1, 0.15) is 6.42 Å². The van der Waals surface area contributed by atoms with Gasteiger partial charge in [-0.05, 0) is 6.42 Å². The number of halogens is 4. The van der Waals surface area contributed by atoms with Gasteiger partial charge >= 0.3 is 12.3 Å². The lowest BCUT2D eigenvalue weighted by Gasteiger charge is -2.18. The number of carbonyl (C=O) groups is 1. The summed E-state index contributed by atoms with van der Waals surface area (Å²) in [4.78, 5) is 12.7. The van der Waals surface area contributed by atoms with Crippen LogP contribution in [0.4, 0.5) is 17.6 Å². The predicted molar refractivity (Wildman–Crippen MR) is 50.9 cm³/mol. The highest BCUT2D eigenvalue weighted by Crippen LogP contribution is 2.22. The summed E-state index contributed by atoms with van der Waals surface area (Å²) in [6.45, 7) is -1.31. The van der Waals surface area contributed by atoms with Crippen LogP contribution in [0.2, 0.25) is 0 Å². The Bertz CT molecular complexity index is 276. The van der Waals surface area contributed by atoms with Gasteiger partial charge in [-0.3, -0.25) is 4.79 Å². The maximum atomic E-state index is 12.4. The number of carbonyl (C=O) groups excluding carboxylic acids is 1. The van der Waals surface area contributed by atoms with Gasteiger partial charge in [-0.1, -0.05) is 0 Å². The van der Waals surface area contributed by atoms with Crippen LogP contribution in [-0.4, -0.2) is 55.5 Å². The zero-order valence-corrected chi connectivity index (χ0v) is 9.04. The molecule has 0 aromatic carbocycles. The molecule has 1 heterocycles. The van der Waals surface area contributed by atoms with Gasteiger partial charge in [0, 0.05) is 19.1 Å². The van der Waals surface area contributed by atoms with E-state index in [9.17, 15) is 22.4 Å². The lowest BCUT2D eigenvalue weighted by Crippen LogP contribution is -2.37. The highest BCUT2D eigenvalue weighted by atomic mass is 19.3. The number of ether oxygens (including phenoxy) is 1. The Labute approximate surface area is 95.7 Å². The average molecular weight is 258 g/mol. The molecular formula is C9H14F4N2O2. The van der Waals surface area contributed by atoms with Crippen molar-refractivity contribution in [3.8, 4) is 0 Å². The highest BCUT2D eigenvalue weighted by molar-refractivity contribution is 5.77. The number of hydrogen-bond acceptors (Lipinski definition) is 3. The second-order valence-corrected chi connectivity index (χ2v) is 3.94. The Morgan fingerprint density at radius 2 is 2.18 bits per heavy atom. The molecule has 8 heteroatoms. The number of hydrogen-bond donors (Lipinski definition) is 1. The lowest BCUT2D eigenvalue weighted by molar-refractivity contribution is -0.170. The van der Waals surface area contributed by atoms with Crippen molar-refractivity contribution in [1.82, 2.24) is 4.90 Å². The number of amides is 1. The van der Waals surface area contributed by atoms with Crippen molar-refractivity contribution in [3.63, 3.8) is 0 Å². The van der Waals surface area contributed by atoms with Crippen molar-refractivity contribution in [1.29, 1.82) is 0 Å². The summed E-state index contributed by atoms with van der Waals surface area (Å²) >= 11 is 0. The van der Waals surface area contributed by atoms with Crippen molar-refractivity contribution in [3.05, 3.63) is 0 Å². The van der Waals surface area contributed by atoms with E-state index in [1.54, 1.807) is 0 Å². The van der Waals surface area contributed by atoms with Gasteiger partial charge in [0.05, 0.1) is 0 Å². The van der Waals surface area contributed by atoms with Gasteiger partial charge < -0.3 is 15.4 Å². The van der Waals surface area contributed by atoms with Gasteiger partial charge in [-0.2, -0.15) is 8.78 Å². The third kappa shape index (κ3) is 4.12. The maximum absolute atomic E-state index is 12.4. The fourth-order valence-corrected chi connectivity index (χ4v) is 1.44. The molecule has 1 aliphatic heterocycles. The van der Waals surface area contributed by atoms with Crippen LogP contribution in [0, 0.1) is 0 Å². The van der Waals surface area contributed by atoms with E-state index in [4.69, 9.17) is 5.73 Å². The molecule has 1 saturated heterocycles. The van der Waals surface area contributed by atoms with Crippen LogP contribution in [0.5, 0.6) is 0 Å². The minimum absolute atomic E-state index is 0.124. The largest absolute Gasteiger partial charge is 0.365 e. The van der Waals surface area contributed by atoms with Crippen molar-refractivity contribution < 1.29 is 27.1 Å². The van der Waals surface area contributed by atoms with E-state index in [0.29, 0.717) is 19.5 Å². The van der Waals surface area contributed by atoms with Crippen molar-refractivity contribution >= 4 is 5.91 Å². The van der Waals surface area contributed by atoms with Gasteiger partial charge in [-0.25, -0.2) is 8.78 Å². The normalized spacial score (nSPS) is 21.3. The third-order valence-corrected chi connectivity index (χ3v) is 2.42. The molecule has 0 aromatic rings. The first-order valence-electron chi connectivity index (χ1n) is 5.10. The molecule has 1 rings (SSSR count). The standard InChI is InChI=1S/C9H14F4N2O2/c10-8(11)9(12,13)5-17-4-7(16)15-2-1-6(14)3-15/h6,8H,1-5,14H2/t6-/m1/s1. The minimum Gasteiger partial charge on any atom is -0.365 e. The Balaban J connectivity index is 2.25. The van der Waals surface area contributed by atoms with E-state index in [-0.39, 0.29) is 6.04 Å². The SMILES string of the molecule is N[C@@H]1CCN(C(=O)COCC(F)(F)C(F)F)C1. The van der Waals surface area contributed by atoms with E-state index < -0.39 is 31.5 Å². The van der Waals surface area contributed by atoms with Crippen LogP contribution in [0.25, 0.3) is 0 Å². The summed E-state index contributed by atoms with van der Waals surface area (Å²) < 4.78 is 52.6. The Kier molecular flexibility index (Phi) is 4.70. The van der Waals surface area contributed by atoms with Crippen LogP contribution < -0.4 is 5.73 Å². The molecular weight excluding hydrogens is 244 g/mol. The summed E-state index contributed by atoms with van der Waals surface area (Å²) in [5.74, 6) is -4.73. The zero-order valence-electron chi connectivity index (χ0n) is 9.04. The van der Waals surface area contributed by atoms with E-state index in [1.807, 2.05) is 0 Å². The zero-order chi connectivity index (χ0) is 13.1. The first-order valence-corrected chi connectivity index (χ1v) is 5.10. The van der Waals surface area contributed by atoms with Crippen molar-refractivity contribution in [2.75, 3.05) is 26.3 Å². The molecule has 100 valence electrons. The molecule has 1 atom stereocenters. The summed E-state index contributed by atoms with van der Waals surface area (Å²) in [6, 6.07) is -0.124. The molecule has 0 unspecified atom stereocenters. The van der Waals surface area contributed by atoms with Gasteiger partial charge in [0.15, 0.2) is 0 Å². The molecule has 0 aliphatic carbocycles. The number of likely N-dealkylation sites (tertiary alicyclic amines) is 1. The highest BCUT2D eigenvalue weighted by Gasteiger charge is 2.41. The molecule has 1 fully saturated rings. The monoisotopic (exact) mass is 258 g/mol. The number of nitrogens with two attached hydrogens (primary N) is 1. The quantitative estimate of drug-likeness (QED) is 0.729. The Morgan fingerprint density at radius 1 is 1.53 bits per heavy atom. The van der Waals surface area contributed by atoms with Gasteiger partial charge in [0.25, 0.3) is 0 Å². The van der Waals surface area contributed by atoms with E-state index in [0.717, 1.165) is 0 Å². The average Bonchev–Trinajstić information content (AvgIpc) is 2.64. The van der Waals surface area contributed by atoms with E-state index in [2.05, 4.69) is 4.74 Å². The van der Waals surface area contributed by atoms with E-state index in [1.165, 1.54) is 4.90 Å². The van der Waals surface area contributed by atoms with Gasteiger partial charge in [-0.15, -0.1) is 0 Å². The van der Waals surface area contributed by atoms with Crippen molar-refractivity contribution in [2.24, 2.45) is 5.73 Å². The maximum Gasteiger partial charge on any atom is 0.330 e. The molecule has 1 amide bonds. The summed E-state index contributed by atoms with van der Waals surface area (Å²) in [6.07, 6.45) is -3.16. The van der Waals surface area contributed by atoms with Crippen molar-refractivity contribution in [2.45, 2.75) is 24.8 Å². The number of alkyl halides is 4. The molecule has 1 aliphatic rings. The molecule has 17 heavy (non-hydrogen) atoms. The van der Waals surface area contributed by atoms with E-state index >= 15 is 0 Å². The smallest absolute Gasteiger partial charge is 0.330 e. The fraction of sp³-hybridized carbons (Fsp3) is 0.889. The fourth-order valence-electron chi connectivity index (χ4n) is 1.44. The minimum atomic E-state index is -4.22. The second-order valence-electron chi connectivity index (χ2n) is 3.94. The molecule has 0 spiro atoms. The first-order chi connectivity index (χ1) is 7.83. The third-order valence-electron chi connectivity index (χ3n) is 2.42. The molecule has 0 bridgehead atoms. The number of rotatable bonds is 5. The summed E-state index contributed by atoms with van der Waals surface area (Å²) in [7, 11) is 0. The molecule has 0 saturated carbocycles. The first kappa shape index (κ1) is 14.2. The second kappa shape index (κ2) is 5.63. The molecule has 2 N–H and O–H groups in total. The Morgan fingerprint density at radius 3 is 2.65 bits per heavy atom. The van der Waals surface area contributed by atoms with Crippen LogP contribution in [0.15, 0.2) is 0 Å². The lowest BCUT2D eigenvalue weighted by atomic mass is 10.3. The molecule has 4 nitrogen and oxygen atoms in total. The molecule has 0 radical (unpaired) electrons. The van der Waals surface area contributed by atoms with Gasteiger partial charge in [0.1, 0.15) is 13.2 Å². The number of nitrogens with zero attached hydrogens (tertiary/aromatic N) is 1. The van der Waals surface area contributed by atoms with Crippen LogP contribution in [-0.2, 0) is 9.53 Å².